The standard InChI is InChI=1S/C29H26F3N3O5S2/c1-20-15-21(2)17-25(16-20)35(42(39,40)27-9-4-3-5-10-27)19-28(36)33-23-11-13-26(14-12-23)41(37,38)34-24-8-6-7-22(18-24)29(30,31)32/h3-18,34H,19H2,1-2H3,(H,33,36). The zero-order valence-electron chi connectivity index (χ0n) is 22.4. The van der Waals surface area contributed by atoms with E-state index in [0.29, 0.717) is 11.8 Å². The smallest absolute Gasteiger partial charge is 0.325 e. The van der Waals surface area contributed by atoms with Crippen LogP contribution in [0.5, 0.6) is 0 Å². The lowest BCUT2D eigenvalue weighted by Gasteiger charge is -2.25. The van der Waals surface area contributed by atoms with Crippen molar-refractivity contribution < 1.29 is 34.8 Å². The van der Waals surface area contributed by atoms with Gasteiger partial charge < -0.3 is 5.32 Å². The van der Waals surface area contributed by atoms with E-state index in [0.717, 1.165) is 39.7 Å². The Morgan fingerprint density at radius 2 is 1.36 bits per heavy atom. The number of nitrogens with zero attached hydrogens (tertiary/aromatic N) is 1. The summed E-state index contributed by atoms with van der Waals surface area (Å²) in [6.45, 7) is 3.04. The molecule has 0 fully saturated rings. The van der Waals surface area contributed by atoms with Gasteiger partial charge in [0.1, 0.15) is 6.54 Å². The highest BCUT2D eigenvalue weighted by Crippen LogP contribution is 2.31. The van der Waals surface area contributed by atoms with Crippen LogP contribution < -0.4 is 14.3 Å². The summed E-state index contributed by atoms with van der Waals surface area (Å²) < 4.78 is 94.6. The second-order valence-electron chi connectivity index (χ2n) is 9.43. The van der Waals surface area contributed by atoms with Crippen molar-refractivity contribution in [3.63, 3.8) is 0 Å². The van der Waals surface area contributed by atoms with Crippen molar-refractivity contribution in [2.24, 2.45) is 0 Å². The number of hydrogen-bond donors (Lipinski definition) is 2. The average molecular weight is 618 g/mol. The van der Waals surface area contributed by atoms with Crippen LogP contribution in [0, 0.1) is 13.8 Å². The summed E-state index contributed by atoms with van der Waals surface area (Å²) >= 11 is 0. The number of carbonyl (C=O) groups is 1. The van der Waals surface area contributed by atoms with Gasteiger partial charge in [0.05, 0.1) is 21.0 Å². The first-order chi connectivity index (χ1) is 19.6. The van der Waals surface area contributed by atoms with Crippen LogP contribution >= 0.6 is 0 Å². The van der Waals surface area contributed by atoms with Gasteiger partial charge in [-0.2, -0.15) is 13.2 Å². The Kier molecular flexibility index (Phi) is 8.64. The zero-order valence-corrected chi connectivity index (χ0v) is 24.0. The Labute approximate surface area is 241 Å². The van der Waals surface area contributed by atoms with Gasteiger partial charge in [0.2, 0.25) is 5.91 Å². The summed E-state index contributed by atoms with van der Waals surface area (Å²) in [5.41, 5.74) is 0.797. The Morgan fingerprint density at radius 3 is 1.95 bits per heavy atom. The lowest BCUT2D eigenvalue weighted by Crippen LogP contribution is -2.38. The highest BCUT2D eigenvalue weighted by molar-refractivity contribution is 7.93. The van der Waals surface area contributed by atoms with Crippen LogP contribution in [0.3, 0.4) is 0 Å². The molecule has 0 saturated heterocycles. The third-order valence-corrected chi connectivity index (χ3v) is 9.19. The molecule has 4 rings (SSSR count). The van der Waals surface area contributed by atoms with Crippen LogP contribution in [0.4, 0.5) is 30.2 Å². The van der Waals surface area contributed by atoms with Crippen molar-refractivity contribution in [3.8, 4) is 0 Å². The fraction of sp³-hybridized carbons (Fsp3) is 0.138. The number of benzene rings is 4. The molecule has 0 spiro atoms. The van der Waals surface area contributed by atoms with Gasteiger partial charge in [-0.15, -0.1) is 0 Å². The number of sulfonamides is 2. The minimum absolute atomic E-state index is 0.000195. The Hall–Kier alpha value is -4.36. The molecule has 0 saturated carbocycles. The van der Waals surface area contributed by atoms with Gasteiger partial charge in [0.25, 0.3) is 20.0 Å². The molecule has 0 bridgehead atoms. The molecule has 8 nitrogen and oxygen atoms in total. The minimum atomic E-state index is -4.64. The first-order valence-corrected chi connectivity index (χ1v) is 15.3. The molecule has 2 N–H and O–H groups in total. The largest absolute Gasteiger partial charge is 0.416 e. The fourth-order valence-electron chi connectivity index (χ4n) is 4.15. The number of rotatable bonds is 9. The fourth-order valence-corrected chi connectivity index (χ4v) is 6.63. The number of hydrogen-bond acceptors (Lipinski definition) is 5. The van der Waals surface area contributed by atoms with Crippen LogP contribution in [-0.4, -0.2) is 29.3 Å². The number of amides is 1. The molecule has 0 aliphatic heterocycles. The molecule has 0 aliphatic rings. The maximum Gasteiger partial charge on any atom is 0.416 e. The van der Waals surface area contributed by atoms with E-state index in [1.807, 2.05) is 6.07 Å². The Bertz CT molecular complexity index is 1790. The second-order valence-corrected chi connectivity index (χ2v) is 13.0. The molecule has 4 aromatic rings. The number of carbonyl (C=O) groups excluding carboxylic acids is 1. The van der Waals surface area contributed by atoms with Crippen molar-refractivity contribution in [3.05, 3.63) is 114 Å². The monoisotopic (exact) mass is 617 g/mol. The molecule has 0 radical (unpaired) electrons. The third-order valence-electron chi connectivity index (χ3n) is 6.00. The molecule has 4 aromatic carbocycles. The van der Waals surface area contributed by atoms with Crippen LogP contribution in [0.2, 0.25) is 0 Å². The lowest BCUT2D eigenvalue weighted by molar-refractivity contribution is -0.137. The van der Waals surface area contributed by atoms with E-state index in [-0.39, 0.29) is 21.2 Å². The third kappa shape index (κ3) is 7.28. The molecule has 42 heavy (non-hydrogen) atoms. The van der Waals surface area contributed by atoms with Crippen molar-refractivity contribution in [1.82, 2.24) is 0 Å². The van der Waals surface area contributed by atoms with Gasteiger partial charge >= 0.3 is 6.18 Å². The number of alkyl halides is 3. The topological polar surface area (TPSA) is 113 Å². The Balaban J connectivity index is 1.53. The molecular weight excluding hydrogens is 591 g/mol. The van der Waals surface area contributed by atoms with Crippen LogP contribution in [-0.2, 0) is 31.0 Å². The zero-order chi connectivity index (χ0) is 30.7. The van der Waals surface area contributed by atoms with Gasteiger partial charge in [-0.1, -0.05) is 30.3 Å². The molecule has 0 heterocycles. The molecule has 0 unspecified atom stereocenters. The summed E-state index contributed by atoms with van der Waals surface area (Å²) in [4.78, 5) is 12.8. The molecule has 0 atom stereocenters. The van der Waals surface area contributed by atoms with Crippen molar-refractivity contribution >= 4 is 43.0 Å². The van der Waals surface area contributed by atoms with Crippen LogP contribution in [0.15, 0.2) is 107 Å². The van der Waals surface area contributed by atoms with Gasteiger partial charge in [-0.05, 0) is 91.7 Å². The molecule has 13 heteroatoms. The molecule has 0 aromatic heterocycles. The minimum Gasteiger partial charge on any atom is -0.325 e. The van der Waals surface area contributed by atoms with E-state index in [2.05, 4.69) is 10.0 Å². The van der Waals surface area contributed by atoms with E-state index >= 15 is 0 Å². The normalized spacial score (nSPS) is 12.0. The molecule has 220 valence electrons. The van der Waals surface area contributed by atoms with Crippen LogP contribution in [0.1, 0.15) is 16.7 Å². The highest BCUT2D eigenvalue weighted by Gasteiger charge is 2.31. The highest BCUT2D eigenvalue weighted by atomic mass is 32.2. The SMILES string of the molecule is Cc1cc(C)cc(N(CC(=O)Nc2ccc(S(=O)(=O)Nc3cccc(C(F)(F)F)c3)cc2)S(=O)(=O)c2ccccc2)c1. The number of anilines is 3. The Morgan fingerprint density at radius 1 is 0.738 bits per heavy atom. The van der Waals surface area contributed by atoms with Crippen molar-refractivity contribution in [2.45, 2.75) is 29.8 Å². The van der Waals surface area contributed by atoms with Gasteiger partial charge in [0.15, 0.2) is 0 Å². The predicted octanol–water partition coefficient (Wildman–Crippen LogP) is 5.96. The number of aryl methyl sites for hydroxylation is 2. The summed E-state index contributed by atoms with van der Waals surface area (Å²) in [6, 6.07) is 21.5. The molecule has 0 aliphatic carbocycles. The maximum absolute atomic E-state index is 13.5. The predicted molar refractivity (Wildman–Crippen MR) is 154 cm³/mol. The maximum atomic E-state index is 13.5. The number of nitrogens with one attached hydrogen (secondary N) is 2. The lowest BCUT2D eigenvalue weighted by atomic mass is 10.1. The van der Waals surface area contributed by atoms with E-state index < -0.39 is 44.2 Å². The summed E-state index contributed by atoms with van der Waals surface area (Å²) in [6.07, 6.45) is -4.64. The molecule has 1 amide bonds. The number of halogens is 3. The van der Waals surface area contributed by atoms with E-state index in [4.69, 9.17) is 0 Å². The van der Waals surface area contributed by atoms with Gasteiger partial charge in [-0.3, -0.25) is 13.8 Å². The van der Waals surface area contributed by atoms with Crippen LogP contribution in [0.25, 0.3) is 0 Å². The summed E-state index contributed by atoms with van der Waals surface area (Å²) in [5, 5.41) is 2.56. The van der Waals surface area contributed by atoms with Crippen molar-refractivity contribution in [1.29, 1.82) is 0 Å². The quantitative estimate of drug-likeness (QED) is 0.241. The second kappa shape index (κ2) is 11.9. The molecular formula is C29H26F3N3O5S2. The van der Waals surface area contributed by atoms with Gasteiger partial charge in [0, 0.05) is 11.4 Å². The average Bonchev–Trinajstić information content (AvgIpc) is 2.91. The van der Waals surface area contributed by atoms with Crippen molar-refractivity contribution in [2.75, 3.05) is 20.9 Å². The first-order valence-electron chi connectivity index (χ1n) is 12.4. The first kappa shape index (κ1) is 30.6. The van der Waals surface area contributed by atoms with Gasteiger partial charge in [-0.25, -0.2) is 16.8 Å². The van der Waals surface area contributed by atoms with E-state index in [1.165, 1.54) is 30.3 Å². The van der Waals surface area contributed by atoms with E-state index in [1.54, 1.807) is 44.2 Å². The van der Waals surface area contributed by atoms with E-state index in [9.17, 15) is 34.8 Å². The summed E-state index contributed by atoms with van der Waals surface area (Å²) in [7, 11) is -8.38. The summed E-state index contributed by atoms with van der Waals surface area (Å²) in [5.74, 6) is -0.689.